The first-order chi connectivity index (χ1) is 19.6. The normalized spacial score (nSPS) is 14.4. The topological polar surface area (TPSA) is 136 Å². The highest BCUT2D eigenvalue weighted by molar-refractivity contribution is 7.91. The highest BCUT2D eigenvalue weighted by Crippen LogP contribution is 2.23. The molecule has 2 aromatic rings. The van der Waals surface area contributed by atoms with Crippen LogP contribution in [0.25, 0.3) is 0 Å². The molecule has 0 bridgehead atoms. The Kier molecular flexibility index (Phi) is 12.6. The van der Waals surface area contributed by atoms with E-state index in [1.807, 2.05) is 19.1 Å². The Bertz CT molecular complexity index is 1350. The maximum Gasteiger partial charge on any atom is 0.340 e. The van der Waals surface area contributed by atoms with E-state index in [9.17, 15) is 26.4 Å². The number of sulfone groups is 1. The lowest BCUT2D eigenvalue weighted by Crippen LogP contribution is -2.41. The number of urea groups is 1. The number of carbonyl (C=O) groups excluding carboxylic acids is 2. The number of sulfonamides is 1. The Hall–Kier alpha value is -2.92. The van der Waals surface area contributed by atoms with E-state index in [4.69, 9.17) is 4.74 Å². The van der Waals surface area contributed by atoms with Crippen LogP contribution in [0.5, 0.6) is 0 Å². The van der Waals surface area contributed by atoms with Crippen molar-refractivity contribution < 1.29 is 31.2 Å². The number of esters is 1. The second kappa shape index (κ2) is 15.9. The van der Waals surface area contributed by atoms with Gasteiger partial charge in [0.25, 0.3) is 0 Å². The minimum atomic E-state index is -3.79. The minimum absolute atomic E-state index is 0.151. The molecule has 1 aliphatic carbocycles. The molecule has 2 aromatic carbocycles. The molecule has 0 spiro atoms. The molecular formula is C30H42N2O7S2. The predicted octanol–water partition coefficient (Wildman–Crippen LogP) is 6.14. The molecule has 1 fully saturated rings. The second-order valence-corrected chi connectivity index (χ2v) is 14.7. The van der Waals surface area contributed by atoms with Crippen molar-refractivity contribution in [1.82, 2.24) is 4.72 Å². The van der Waals surface area contributed by atoms with Gasteiger partial charge in [-0.1, -0.05) is 81.2 Å². The van der Waals surface area contributed by atoms with Crippen LogP contribution < -0.4 is 10.0 Å². The fourth-order valence-corrected chi connectivity index (χ4v) is 7.69. The summed E-state index contributed by atoms with van der Waals surface area (Å²) < 4.78 is 57.3. The zero-order chi connectivity index (χ0) is 29.7. The Morgan fingerprint density at radius 3 is 2.10 bits per heavy atom. The zero-order valence-electron chi connectivity index (χ0n) is 23.8. The van der Waals surface area contributed by atoms with Gasteiger partial charge in [-0.3, -0.25) is 0 Å². The number of para-hydroxylation sites is 1. The number of anilines is 1. The molecule has 1 saturated carbocycles. The van der Waals surface area contributed by atoms with Crippen molar-refractivity contribution in [3.05, 3.63) is 59.7 Å². The van der Waals surface area contributed by atoms with Crippen molar-refractivity contribution in [1.29, 1.82) is 0 Å². The maximum atomic E-state index is 12.6. The third-order valence-corrected chi connectivity index (χ3v) is 10.9. The summed E-state index contributed by atoms with van der Waals surface area (Å²) in [6.45, 7) is 2.15. The Balaban J connectivity index is 1.31. The van der Waals surface area contributed by atoms with Gasteiger partial charge in [0.1, 0.15) is 0 Å². The number of ether oxygens (including phenoxy) is 1. The molecule has 3 rings (SSSR count). The van der Waals surface area contributed by atoms with Crippen molar-refractivity contribution in [3.63, 3.8) is 0 Å². The van der Waals surface area contributed by atoms with Crippen LogP contribution in [0.2, 0.25) is 0 Å². The third-order valence-electron chi connectivity index (χ3n) is 7.29. The van der Waals surface area contributed by atoms with Crippen molar-refractivity contribution in [2.75, 3.05) is 17.7 Å². The van der Waals surface area contributed by atoms with E-state index in [2.05, 4.69) is 10.0 Å². The van der Waals surface area contributed by atoms with E-state index in [1.165, 1.54) is 12.1 Å². The molecule has 1 aliphatic rings. The van der Waals surface area contributed by atoms with Gasteiger partial charge in [-0.05, 0) is 56.9 Å². The van der Waals surface area contributed by atoms with Crippen LogP contribution in [0.1, 0.15) is 93.0 Å². The lowest BCUT2D eigenvalue weighted by atomic mass is 10.0. The van der Waals surface area contributed by atoms with Crippen molar-refractivity contribution in [2.45, 2.75) is 94.1 Å². The van der Waals surface area contributed by atoms with Gasteiger partial charge in [0, 0.05) is 0 Å². The molecule has 11 heteroatoms. The first kappa shape index (κ1) is 32.6. The van der Waals surface area contributed by atoms with E-state index in [1.54, 1.807) is 24.3 Å². The van der Waals surface area contributed by atoms with Gasteiger partial charge >= 0.3 is 12.0 Å². The molecule has 0 radical (unpaired) electrons. The Morgan fingerprint density at radius 2 is 1.41 bits per heavy atom. The first-order valence-electron chi connectivity index (χ1n) is 14.5. The van der Waals surface area contributed by atoms with Crippen LogP contribution in [-0.2, 0) is 24.6 Å². The van der Waals surface area contributed by atoms with Crippen molar-refractivity contribution in [3.8, 4) is 0 Å². The van der Waals surface area contributed by atoms with Crippen LogP contribution in [0.15, 0.2) is 53.4 Å². The summed E-state index contributed by atoms with van der Waals surface area (Å²) in [7, 11) is -7.03. The monoisotopic (exact) mass is 606 g/mol. The van der Waals surface area contributed by atoms with E-state index in [-0.39, 0.29) is 23.6 Å². The van der Waals surface area contributed by atoms with Crippen LogP contribution in [0, 0.1) is 6.92 Å². The summed E-state index contributed by atoms with van der Waals surface area (Å²) in [5.74, 6) is -0.439. The molecular weight excluding hydrogens is 564 g/mol. The lowest BCUT2D eigenvalue weighted by Gasteiger charge is -2.22. The minimum Gasteiger partial charge on any atom is -0.462 e. The van der Waals surface area contributed by atoms with Gasteiger partial charge in [0.15, 0.2) is 9.84 Å². The van der Waals surface area contributed by atoms with Gasteiger partial charge in [0.05, 0.1) is 33.8 Å². The van der Waals surface area contributed by atoms with Crippen LogP contribution >= 0.6 is 0 Å². The fourth-order valence-electron chi connectivity index (χ4n) is 4.89. The molecule has 9 nitrogen and oxygen atoms in total. The average molecular weight is 607 g/mol. The second-order valence-electron chi connectivity index (χ2n) is 10.6. The smallest absolute Gasteiger partial charge is 0.340 e. The number of unbranched alkanes of at least 4 members (excludes halogenated alkanes) is 6. The maximum absolute atomic E-state index is 12.6. The van der Waals surface area contributed by atoms with E-state index >= 15 is 0 Å². The first-order valence-corrected chi connectivity index (χ1v) is 17.7. The Morgan fingerprint density at radius 1 is 0.805 bits per heavy atom. The van der Waals surface area contributed by atoms with Gasteiger partial charge in [-0.2, -0.15) is 0 Å². The largest absolute Gasteiger partial charge is 0.462 e. The molecule has 41 heavy (non-hydrogen) atoms. The zero-order valence-corrected chi connectivity index (χ0v) is 25.4. The summed E-state index contributed by atoms with van der Waals surface area (Å²) in [5, 5.41) is 1.89. The fraction of sp³-hybridized carbons (Fsp3) is 0.533. The molecule has 0 aliphatic heterocycles. The highest BCUT2D eigenvalue weighted by Gasteiger charge is 2.29. The van der Waals surface area contributed by atoms with Crippen molar-refractivity contribution >= 4 is 37.5 Å². The third kappa shape index (κ3) is 10.8. The van der Waals surface area contributed by atoms with Crippen LogP contribution in [0.3, 0.4) is 0 Å². The number of nitrogens with one attached hydrogen (secondary N) is 2. The SMILES string of the molecule is Cc1ccc(S(=O)(=O)CCCCCCCCCOC(=O)c2ccccc2NC(=O)NS(=O)(=O)C2CCCCC2)cc1. The quantitative estimate of drug-likeness (QED) is 0.184. The highest BCUT2D eigenvalue weighted by atomic mass is 32.2. The number of rotatable bonds is 15. The molecule has 2 N–H and O–H groups in total. The van der Waals surface area contributed by atoms with Crippen molar-refractivity contribution in [2.24, 2.45) is 0 Å². The summed E-state index contributed by atoms with van der Waals surface area (Å²) in [4.78, 5) is 25.4. The van der Waals surface area contributed by atoms with Gasteiger partial charge in [-0.15, -0.1) is 0 Å². The standard InChI is InChI=1S/C30H42N2O7S2/c1-24-18-20-25(21-19-24)40(35,36)23-13-6-4-2-3-5-12-22-39-29(33)27-16-10-11-17-28(27)31-30(34)32-41(37,38)26-14-8-7-9-15-26/h10-11,16-21,26H,2-9,12-15,22-23H2,1H3,(H2,31,32,34). The van der Waals surface area contributed by atoms with E-state index in [0.717, 1.165) is 56.9 Å². The number of carbonyl (C=O) groups is 2. The summed E-state index contributed by atoms with van der Waals surface area (Å²) in [6.07, 6.45) is 9.62. The molecule has 0 aromatic heterocycles. The number of amides is 2. The summed E-state index contributed by atoms with van der Waals surface area (Å²) in [5.41, 5.74) is 1.36. The van der Waals surface area contributed by atoms with Crippen LogP contribution in [0.4, 0.5) is 10.5 Å². The Labute approximate surface area is 244 Å². The van der Waals surface area contributed by atoms with Gasteiger partial charge in [-0.25, -0.2) is 31.1 Å². The molecule has 0 saturated heterocycles. The molecule has 0 unspecified atom stereocenters. The number of aryl methyl sites for hydroxylation is 1. The average Bonchev–Trinajstić information content (AvgIpc) is 2.94. The molecule has 0 heterocycles. The lowest BCUT2D eigenvalue weighted by molar-refractivity contribution is 0.0499. The predicted molar refractivity (Wildman–Crippen MR) is 160 cm³/mol. The number of hydrogen-bond acceptors (Lipinski definition) is 7. The number of hydrogen-bond donors (Lipinski definition) is 2. The number of benzene rings is 2. The molecule has 226 valence electrons. The van der Waals surface area contributed by atoms with Gasteiger partial charge in [0.2, 0.25) is 10.0 Å². The summed E-state index contributed by atoms with van der Waals surface area (Å²) in [6, 6.07) is 12.4. The van der Waals surface area contributed by atoms with E-state index < -0.39 is 37.1 Å². The molecule has 2 amide bonds. The van der Waals surface area contributed by atoms with Crippen LogP contribution in [-0.4, -0.2) is 46.4 Å². The molecule has 0 atom stereocenters. The van der Waals surface area contributed by atoms with Gasteiger partial charge < -0.3 is 10.1 Å². The summed E-state index contributed by atoms with van der Waals surface area (Å²) >= 11 is 0. The van der Waals surface area contributed by atoms with E-state index in [0.29, 0.717) is 30.6 Å².